The average Bonchev–Trinajstić information content (AvgIpc) is 3.77. The first kappa shape index (κ1) is 59.4. The highest BCUT2D eigenvalue weighted by molar-refractivity contribution is 6.04. The Bertz CT molecular complexity index is 1890. The molecule has 0 amide bonds. The molecule has 0 radical (unpaired) electrons. The summed E-state index contributed by atoms with van der Waals surface area (Å²) in [5.41, 5.74) is 2.69. The predicted octanol–water partition coefficient (Wildman–Crippen LogP) is 9.77. The van der Waals surface area contributed by atoms with Gasteiger partial charge in [-0.05, 0) is 116 Å². The van der Waals surface area contributed by atoms with Gasteiger partial charge in [0.15, 0.2) is 0 Å². The lowest BCUT2D eigenvalue weighted by Crippen LogP contribution is -2.17. The molecular formula is C52H73F6N3O10. The maximum atomic E-state index is 13.0. The van der Waals surface area contributed by atoms with Gasteiger partial charge in [-0.1, -0.05) is 18.2 Å². The summed E-state index contributed by atoms with van der Waals surface area (Å²) in [7, 11) is 1.91. The van der Waals surface area contributed by atoms with E-state index in [1.54, 1.807) is 0 Å². The molecule has 0 atom stereocenters. The molecule has 3 aromatic carbocycles. The molecule has 1 aliphatic rings. The molecular weight excluding hydrogens is 941 g/mol. The van der Waals surface area contributed by atoms with Crippen LogP contribution in [0, 0.1) is 0 Å². The lowest BCUT2D eigenvalue weighted by molar-refractivity contribution is -0.143. The van der Waals surface area contributed by atoms with Gasteiger partial charge in [-0.3, -0.25) is 4.99 Å². The van der Waals surface area contributed by atoms with Crippen molar-refractivity contribution in [3.05, 3.63) is 94.6 Å². The van der Waals surface area contributed by atoms with Crippen molar-refractivity contribution in [2.75, 3.05) is 144 Å². The van der Waals surface area contributed by atoms with Gasteiger partial charge in [-0.15, -0.1) is 0 Å². The molecule has 19 heteroatoms. The van der Waals surface area contributed by atoms with Crippen molar-refractivity contribution < 1.29 is 73.7 Å². The van der Waals surface area contributed by atoms with Crippen LogP contribution in [0.4, 0.5) is 37.7 Å². The minimum absolute atomic E-state index is 0.0677. The average molecular weight is 1010 g/mol. The van der Waals surface area contributed by atoms with Crippen LogP contribution in [0.25, 0.3) is 6.08 Å². The van der Waals surface area contributed by atoms with Gasteiger partial charge >= 0.3 is 12.4 Å². The highest BCUT2D eigenvalue weighted by Crippen LogP contribution is 2.36. The van der Waals surface area contributed by atoms with Crippen molar-refractivity contribution in [1.29, 1.82) is 0 Å². The van der Waals surface area contributed by atoms with E-state index in [0.29, 0.717) is 138 Å². The molecule has 0 saturated carbocycles. The van der Waals surface area contributed by atoms with Crippen molar-refractivity contribution in [2.24, 2.45) is 4.99 Å². The quantitative estimate of drug-likeness (QED) is 0.0414. The van der Waals surface area contributed by atoms with E-state index in [2.05, 4.69) is 53.1 Å². The second-order valence-electron chi connectivity index (χ2n) is 16.3. The number of rotatable bonds is 42. The number of nitrogens with zero attached hydrogens (tertiary/aromatic N) is 1. The van der Waals surface area contributed by atoms with Gasteiger partial charge < -0.3 is 58.0 Å². The standard InChI is InChI=1S/C52H73F6N3O10/c1-59-47-11-8-42(9-12-47)10-13-48-38-44-39-49(14-15-50(44)61-48)71-35-34-70-33-32-67-25-22-64-19-7-3-6-18-63-21-24-66-27-29-69-31-30-68-28-26-65-23-20-62-17-5-2-4-16-60-41-43-36-45(51(53,54)55)40-46(37-43)52(56,57)58/h8-15,36-37,39-40,59-60H,2-7,16-35,38,41H2,1H3/b13-10+. The minimum atomic E-state index is -4.86. The zero-order chi connectivity index (χ0) is 50.7. The van der Waals surface area contributed by atoms with Crippen LogP contribution in [-0.4, -0.2) is 145 Å². The predicted molar refractivity (Wildman–Crippen MR) is 261 cm³/mol. The van der Waals surface area contributed by atoms with Gasteiger partial charge in [-0.25, -0.2) is 0 Å². The molecule has 398 valence electrons. The van der Waals surface area contributed by atoms with Gasteiger partial charge in [0.25, 0.3) is 0 Å². The highest BCUT2D eigenvalue weighted by atomic mass is 19.4. The highest BCUT2D eigenvalue weighted by Gasteiger charge is 2.36. The van der Waals surface area contributed by atoms with Crippen LogP contribution < -0.4 is 15.4 Å². The molecule has 13 nitrogen and oxygen atoms in total. The van der Waals surface area contributed by atoms with Crippen LogP contribution in [-0.2, 0) is 67.9 Å². The third-order valence-corrected chi connectivity index (χ3v) is 10.7. The molecule has 0 saturated heterocycles. The first-order chi connectivity index (χ1) is 34.5. The summed E-state index contributed by atoms with van der Waals surface area (Å²) in [6, 6.07) is 15.9. The van der Waals surface area contributed by atoms with Crippen molar-refractivity contribution in [2.45, 2.75) is 63.8 Å². The zero-order valence-electron chi connectivity index (χ0n) is 41.0. The molecule has 0 aliphatic carbocycles. The van der Waals surface area contributed by atoms with Crippen LogP contribution in [0.1, 0.15) is 66.3 Å². The summed E-state index contributed by atoms with van der Waals surface area (Å²) in [6.45, 7) is 9.88. The summed E-state index contributed by atoms with van der Waals surface area (Å²) >= 11 is 0. The topological polar surface area (TPSA) is 129 Å². The fourth-order valence-electron chi connectivity index (χ4n) is 6.87. The fraction of sp³-hybridized carbons (Fsp3) is 0.596. The Morgan fingerprint density at radius 3 is 1.41 bits per heavy atom. The number of allylic oxidation sites excluding steroid dienone is 1. The molecule has 0 bridgehead atoms. The van der Waals surface area contributed by atoms with Crippen LogP contribution in [0.5, 0.6) is 5.75 Å². The first-order valence-electron chi connectivity index (χ1n) is 24.5. The van der Waals surface area contributed by atoms with Crippen LogP contribution >= 0.6 is 0 Å². The number of benzene rings is 3. The van der Waals surface area contributed by atoms with Crippen LogP contribution in [0.15, 0.2) is 71.7 Å². The molecule has 2 N–H and O–H groups in total. The number of nitrogens with one attached hydrogen (secondary N) is 2. The number of halogens is 6. The van der Waals surface area contributed by atoms with E-state index in [0.717, 1.165) is 84.6 Å². The maximum Gasteiger partial charge on any atom is 0.416 e. The Hall–Kier alpha value is -4.15. The molecule has 4 rings (SSSR count). The summed E-state index contributed by atoms with van der Waals surface area (Å²) in [5.74, 6) is 0.813. The van der Waals surface area contributed by atoms with Crippen molar-refractivity contribution in [1.82, 2.24) is 5.32 Å². The van der Waals surface area contributed by atoms with Crippen molar-refractivity contribution in [3.63, 3.8) is 0 Å². The molecule has 1 aliphatic heterocycles. The molecule has 71 heavy (non-hydrogen) atoms. The van der Waals surface area contributed by atoms with Gasteiger partial charge in [0.05, 0.1) is 116 Å². The van der Waals surface area contributed by atoms with Crippen molar-refractivity contribution in [3.8, 4) is 5.75 Å². The van der Waals surface area contributed by atoms with E-state index < -0.39 is 23.5 Å². The molecule has 0 fully saturated rings. The monoisotopic (exact) mass is 1010 g/mol. The lowest BCUT2D eigenvalue weighted by Gasteiger charge is -2.14. The number of hydrogen-bond donors (Lipinski definition) is 2. The first-order valence-corrected chi connectivity index (χ1v) is 24.5. The van der Waals surface area contributed by atoms with Crippen molar-refractivity contribution >= 4 is 23.2 Å². The Balaban J connectivity index is 0.785. The van der Waals surface area contributed by atoms with Gasteiger partial charge in [0, 0.05) is 51.2 Å². The SMILES string of the molecule is CNc1ccc(/C=C/C2=Nc3ccc(OCCOCCOCCOCCCCCOCCOCCOCCOCCOCCOCCCCCNCc4cc(C(F)(F)F)cc(C(F)(F)F)c4)cc3C2)cc1. The fourth-order valence-corrected chi connectivity index (χ4v) is 6.87. The van der Waals surface area contributed by atoms with E-state index in [4.69, 9.17) is 52.4 Å². The molecule has 0 spiro atoms. The normalized spacial score (nSPS) is 12.8. The summed E-state index contributed by atoms with van der Waals surface area (Å²) in [5, 5.41) is 6.04. The molecule has 0 aromatic heterocycles. The number of ether oxygens (including phenoxy) is 10. The third-order valence-electron chi connectivity index (χ3n) is 10.7. The second kappa shape index (κ2) is 35.9. The summed E-state index contributed by atoms with van der Waals surface area (Å²) in [4.78, 5) is 4.74. The van der Waals surface area contributed by atoms with Gasteiger partial charge in [0.1, 0.15) is 12.4 Å². The summed E-state index contributed by atoms with van der Waals surface area (Å²) in [6.07, 6.45) is 0.435. The van der Waals surface area contributed by atoms with Crippen LogP contribution in [0.3, 0.4) is 0 Å². The van der Waals surface area contributed by atoms with E-state index >= 15 is 0 Å². The van der Waals surface area contributed by atoms with Gasteiger partial charge in [0.2, 0.25) is 0 Å². The second-order valence-corrected chi connectivity index (χ2v) is 16.3. The summed E-state index contributed by atoms with van der Waals surface area (Å²) < 4.78 is 134. The van der Waals surface area contributed by atoms with E-state index in [1.165, 1.54) is 0 Å². The van der Waals surface area contributed by atoms with E-state index in [-0.39, 0.29) is 18.2 Å². The molecule has 1 heterocycles. The minimum Gasteiger partial charge on any atom is -0.491 e. The molecule has 0 unspecified atom stereocenters. The number of fused-ring (bicyclic) bond motifs is 1. The number of unbranched alkanes of at least 4 members (excludes halogenated alkanes) is 4. The van der Waals surface area contributed by atoms with Crippen LogP contribution in [0.2, 0.25) is 0 Å². The van der Waals surface area contributed by atoms with E-state index in [1.807, 2.05) is 19.2 Å². The number of anilines is 1. The Morgan fingerprint density at radius 2 is 0.944 bits per heavy atom. The van der Waals surface area contributed by atoms with E-state index in [9.17, 15) is 26.3 Å². The number of hydrogen-bond acceptors (Lipinski definition) is 13. The largest absolute Gasteiger partial charge is 0.491 e. The lowest BCUT2D eigenvalue weighted by atomic mass is 10.0. The zero-order valence-corrected chi connectivity index (χ0v) is 41.0. The smallest absolute Gasteiger partial charge is 0.416 e. The number of aliphatic imine (C=N–C) groups is 1. The maximum absolute atomic E-state index is 13.0. The Labute approximate surface area is 414 Å². The molecule has 3 aromatic rings. The Morgan fingerprint density at radius 1 is 0.493 bits per heavy atom. The number of alkyl halides is 6. The third kappa shape index (κ3) is 27.5. The Kier molecular flexibility index (Phi) is 30.0. The van der Waals surface area contributed by atoms with Gasteiger partial charge in [-0.2, -0.15) is 26.3 Å².